The molecule has 0 bridgehead atoms. The van der Waals surface area contributed by atoms with E-state index in [1.807, 2.05) is 0 Å². The number of nitro groups is 1. The van der Waals surface area contributed by atoms with E-state index in [0.29, 0.717) is 25.0 Å². The molecule has 10 heteroatoms. The average molecular weight is 362 g/mol. The second-order valence-corrected chi connectivity index (χ2v) is 8.05. The molecule has 0 fully saturated rings. The van der Waals surface area contributed by atoms with Crippen molar-refractivity contribution >= 4 is 21.9 Å². The fourth-order valence-electron chi connectivity index (χ4n) is 2.07. The quantitative estimate of drug-likeness (QED) is 0.229. The van der Waals surface area contributed by atoms with Gasteiger partial charge in [-0.15, -0.1) is 0 Å². The molecule has 0 aliphatic carbocycles. The lowest BCUT2D eigenvalue weighted by atomic mass is 10.2. The minimum absolute atomic E-state index is 0.0954. The monoisotopic (exact) mass is 362 g/mol. The van der Waals surface area contributed by atoms with Gasteiger partial charge in [0.05, 0.1) is 17.6 Å². The summed E-state index contributed by atoms with van der Waals surface area (Å²) in [6, 6.07) is 4.08. The molecule has 0 saturated carbocycles. The number of hydrogen-bond acceptors (Lipinski definition) is 5. The van der Waals surface area contributed by atoms with Crippen LogP contribution in [0.4, 0.5) is 10.5 Å². The molecule has 0 spiro atoms. The maximum atomic E-state index is 11.0. The van der Waals surface area contributed by atoms with E-state index in [9.17, 15) is 19.5 Å². The van der Waals surface area contributed by atoms with Crippen molar-refractivity contribution in [2.75, 3.05) is 19.5 Å². The Kier molecular flexibility index (Phi) is 7.75. The minimum Gasteiger partial charge on any atom is -0.493 e. The Morgan fingerprint density at radius 3 is 2.62 bits per heavy atom. The number of unbranched alkanes of at least 4 members (excludes halogenated alkanes) is 2. The Morgan fingerprint density at radius 1 is 1.33 bits per heavy atom. The first-order valence-electron chi connectivity index (χ1n) is 7.30. The van der Waals surface area contributed by atoms with E-state index in [1.165, 1.54) is 24.5 Å². The zero-order chi connectivity index (χ0) is 18.2. The van der Waals surface area contributed by atoms with E-state index in [0.717, 1.165) is 6.42 Å². The van der Waals surface area contributed by atoms with Crippen molar-refractivity contribution in [2.24, 2.45) is 4.36 Å². The van der Waals surface area contributed by atoms with Crippen molar-refractivity contribution in [3.05, 3.63) is 33.9 Å². The molecule has 0 aromatic heterocycles. The van der Waals surface area contributed by atoms with E-state index in [4.69, 9.17) is 14.9 Å². The van der Waals surface area contributed by atoms with Crippen LogP contribution in [-0.2, 0) is 15.9 Å². The van der Waals surface area contributed by atoms with E-state index < -0.39 is 21.1 Å². The van der Waals surface area contributed by atoms with Crippen LogP contribution >= 0.6 is 0 Å². The number of benzene rings is 1. The van der Waals surface area contributed by atoms with Crippen LogP contribution in [0.2, 0.25) is 0 Å². The first-order valence-corrected chi connectivity index (χ1v) is 9.63. The zero-order valence-corrected chi connectivity index (χ0v) is 14.2. The van der Waals surface area contributed by atoms with Crippen LogP contribution in [0, 0.1) is 10.1 Å². The van der Waals surface area contributed by atoms with Gasteiger partial charge < -0.3 is 19.5 Å². The van der Waals surface area contributed by atoms with E-state index >= 15 is 0 Å². The zero-order valence-electron chi connectivity index (χ0n) is 13.3. The highest BCUT2D eigenvalue weighted by molar-refractivity contribution is 7.98. The fraction of sp³-hybridized carbons (Fsp3) is 0.500. The Bertz CT molecular complexity index is 642. The maximum absolute atomic E-state index is 11.0. The Balaban J connectivity index is 2.92. The summed E-state index contributed by atoms with van der Waals surface area (Å²) in [5.41, 5.74) is 0.186. The topological polar surface area (TPSA) is 142 Å². The van der Waals surface area contributed by atoms with Crippen LogP contribution in [0.5, 0.6) is 5.75 Å². The third-order valence-electron chi connectivity index (χ3n) is 3.02. The first-order chi connectivity index (χ1) is 11.2. The lowest BCUT2D eigenvalue weighted by Crippen LogP contribution is -2.13. The summed E-state index contributed by atoms with van der Waals surface area (Å²) >= 11 is 0. The largest absolute Gasteiger partial charge is 0.493 e. The van der Waals surface area contributed by atoms with Gasteiger partial charge in [-0.25, -0.2) is 4.79 Å². The summed E-state index contributed by atoms with van der Waals surface area (Å²) in [6.07, 6.45) is 1.97. The summed E-state index contributed by atoms with van der Waals surface area (Å²) in [4.78, 5) is 21.1. The Hall–Kier alpha value is -2.04. The highest BCUT2D eigenvalue weighted by atomic mass is 32.3. The van der Waals surface area contributed by atoms with E-state index in [-0.39, 0.29) is 23.8 Å². The molecule has 1 aromatic rings. The standard InChI is InChI=1S/C14H22N2O7S/c1-24(22,15-14(18)19)10-11-7-12(16(20)21)9-13(8-11)23-6-4-2-3-5-17/h7-9,17,24H,2-6,10H2,1H3,(H,15,22)(H,18,19). The second-order valence-electron chi connectivity index (χ2n) is 5.35. The van der Waals surface area contributed by atoms with Crippen molar-refractivity contribution < 1.29 is 29.2 Å². The first kappa shape index (κ1) is 20.0. The number of nitrogens with zero attached hydrogens (tertiary/aromatic N) is 2. The second kappa shape index (κ2) is 9.30. The summed E-state index contributed by atoms with van der Waals surface area (Å²) in [5, 5.41) is 28.4. The van der Waals surface area contributed by atoms with Crippen LogP contribution in [0.15, 0.2) is 22.6 Å². The van der Waals surface area contributed by atoms with Crippen LogP contribution in [0.25, 0.3) is 0 Å². The molecule has 0 unspecified atom stereocenters. The molecule has 0 aliphatic rings. The number of ether oxygens (including phenoxy) is 1. The molecule has 0 aliphatic heterocycles. The molecule has 1 aromatic carbocycles. The number of thiol groups is 1. The lowest BCUT2D eigenvalue weighted by molar-refractivity contribution is -0.385. The summed E-state index contributed by atoms with van der Waals surface area (Å²) in [6.45, 7) is 0.443. The number of rotatable bonds is 9. The van der Waals surface area contributed by atoms with E-state index in [2.05, 4.69) is 4.36 Å². The van der Waals surface area contributed by atoms with Gasteiger partial charge in [0.15, 0.2) is 0 Å². The smallest absolute Gasteiger partial charge is 0.437 e. The Morgan fingerprint density at radius 2 is 2.04 bits per heavy atom. The highest BCUT2D eigenvalue weighted by Gasteiger charge is 2.14. The van der Waals surface area contributed by atoms with Crippen molar-refractivity contribution in [1.29, 1.82) is 0 Å². The molecular weight excluding hydrogens is 340 g/mol. The molecule has 1 rings (SSSR count). The van der Waals surface area contributed by atoms with Gasteiger partial charge in [0, 0.05) is 18.4 Å². The molecule has 3 N–H and O–H groups in total. The summed E-state index contributed by atoms with van der Waals surface area (Å²) < 4.78 is 18.8. The molecule has 0 atom stereocenters. The number of hydrogen-bond donors (Lipinski definition) is 4. The number of non-ortho nitro benzene ring substituents is 1. The van der Waals surface area contributed by atoms with Crippen molar-refractivity contribution in [3.8, 4) is 5.75 Å². The average Bonchev–Trinajstić information content (AvgIpc) is 2.44. The van der Waals surface area contributed by atoms with Gasteiger partial charge in [0.1, 0.15) is 5.75 Å². The minimum atomic E-state index is -3.11. The van der Waals surface area contributed by atoms with Gasteiger partial charge in [-0.2, -0.15) is 4.36 Å². The third-order valence-corrected chi connectivity index (χ3v) is 4.58. The number of amides is 1. The van der Waals surface area contributed by atoms with Crippen LogP contribution in [0.3, 0.4) is 0 Å². The number of aliphatic hydroxyl groups is 1. The van der Waals surface area contributed by atoms with E-state index in [1.54, 1.807) is 0 Å². The van der Waals surface area contributed by atoms with Crippen molar-refractivity contribution in [3.63, 3.8) is 0 Å². The van der Waals surface area contributed by atoms with Crippen LogP contribution in [-0.4, -0.2) is 45.3 Å². The number of nitro benzene ring substituents is 1. The number of aliphatic hydroxyl groups excluding tert-OH is 1. The fourth-order valence-corrected chi connectivity index (χ4v) is 3.38. The molecule has 0 heterocycles. The van der Waals surface area contributed by atoms with Crippen LogP contribution in [0.1, 0.15) is 24.8 Å². The van der Waals surface area contributed by atoms with Gasteiger partial charge in [-0.1, -0.05) is 10.1 Å². The molecular formula is C14H22N2O7S. The molecule has 136 valence electrons. The third kappa shape index (κ3) is 7.49. The van der Waals surface area contributed by atoms with Crippen molar-refractivity contribution in [1.82, 2.24) is 0 Å². The maximum Gasteiger partial charge on any atom is 0.437 e. The lowest BCUT2D eigenvalue weighted by Gasteiger charge is -2.17. The predicted octanol–water partition coefficient (Wildman–Crippen LogP) is 2.49. The molecule has 24 heavy (non-hydrogen) atoms. The highest BCUT2D eigenvalue weighted by Crippen LogP contribution is 2.25. The van der Waals surface area contributed by atoms with Gasteiger partial charge in [-0.3, -0.25) is 10.1 Å². The summed E-state index contributed by atoms with van der Waals surface area (Å²) in [7, 11) is -3.11. The Labute approximate surface area is 140 Å². The normalized spacial score (nSPS) is 11.8. The van der Waals surface area contributed by atoms with Gasteiger partial charge in [0.25, 0.3) is 5.69 Å². The number of carbonyl (C=O) groups is 1. The van der Waals surface area contributed by atoms with Gasteiger partial charge in [0.2, 0.25) is 0 Å². The molecule has 9 nitrogen and oxygen atoms in total. The number of carboxylic acid groups (broad SMARTS) is 1. The SMILES string of the molecule is C[SH](O)(Cc1cc(OCCCCCO)cc([N+](=O)[O-])c1)=NC(=O)O. The van der Waals surface area contributed by atoms with Gasteiger partial charge >= 0.3 is 6.09 Å². The van der Waals surface area contributed by atoms with Crippen LogP contribution < -0.4 is 4.74 Å². The molecule has 1 amide bonds. The van der Waals surface area contributed by atoms with Gasteiger partial charge in [-0.05, 0) is 37.1 Å². The van der Waals surface area contributed by atoms with Crippen molar-refractivity contribution in [2.45, 2.75) is 25.0 Å². The molecule has 0 saturated heterocycles. The molecule has 0 radical (unpaired) electrons. The summed E-state index contributed by atoms with van der Waals surface area (Å²) in [5.74, 6) is 0.181. The predicted molar refractivity (Wildman–Crippen MR) is 91.0 cm³/mol.